The highest BCUT2D eigenvalue weighted by Gasteiger charge is 2.09. The van der Waals surface area contributed by atoms with Crippen LogP contribution in [0.1, 0.15) is 18.7 Å². The highest BCUT2D eigenvalue weighted by atomic mass is 79.9. The smallest absolute Gasteiger partial charge is 0.0654 e. The van der Waals surface area contributed by atoms with Crippen molar-refractivity contribution in [2.45, 2.75) is 13.0 Å². The lowest BCUT2D eigenvalue weighted by Crippen LogP contribution is -2.11. The fourth-order valence-corrected chi connectivity index (χ4v) is 2.09. The molecular formula is C12H14BrN3. The van der Waals surface area contributed by atoms with Crippen LogP contribution in [0.15, 0.2) is 41.0 Å². The number of aromatic nitrogens is 2. The highest BCUT2D eigenvalue weighted by Crippen LogP contribution is 2.25. The molecule has 0 radical (unpaired) electrons. The molecule has 1 N–H and O–H groups in total. The maximum Gasteiger partial charge on any atom is 0.0654 e. The van der Waals surface area contributed by atoms with Crippen LogP contribution in [0.3, 0.4) is 0 Å². The van der Waals surface area contributed by atoms with Crippen molar-refractivity contribution < 1.29 is 0 Å². The average Bonchev–Trinajstić information content (AvgIpc) is 2.68. The Morgan fingerprint density at radius 3 is 2.69 bits per heavy atom. The first-order valence-corrected chi connectivity index (χ1v) is 5.97. The number of aryl methyl sites for hydroxylation is 1. The summed E-state index contributed by atoms with van der Waals surface area (Å²) in [4.78, 5) is 0. The molecule has 0 saturated heterocycles. The fourth-order valence-electron chi connectivity index (χ4n) is 1.69. The summed E-state index contributed by atoms with van der Waals surface area (Å²) in [7, 11) is 1.95. The molecule has 0 amide bonds. The SMILES string of the molecule is CC(Nc1ccccc1Br)c1ccnn1C. The van der Waals surface area contributed by atoms with Crippen molar-refractivity contribution in [3.8, 4) is 0 Å². The van der Waals surface area contributed by atoms with Crippen LogP contribution in [0.2, 0.25) is 0 Å². The van der Waals surface area contributed by atoms with Crippen molar-refractivity contribution in [2.75, 3.05) is 5.32 Å². The first-order valence-electron chi connectivity index (χ1n) is 5.17. The zero-order valence-electron chi connectivity index (χ0n) is 9.31. The Balaban J connectivity index is 2.17. The maximum absolute atomic E-state index is 4.17. The van der Waals surface area contributed by atoms with Crippen molar-refractivity contribution in [2.24, 2.45) is 7.05 Å². The third-order valence-electron chi connectivity index (χ3n) is 2.55. The van der Waals surface area contributed by atoms with Crippen molar-refractivity contribution in [1.29, 1.82) is 0 Å². The number of benzene rings is 1. The van der Waals surface area contributed by atoms with E-state index in [1.54, 1.807) is 0 Å². The summed E-state index contributed by atoms with van der Waals surface area (Å²) in [5, 5.41) is 7.61. The molecule has 1 aromatic carbocycles. The van der Waals surface area contributed by atoms with Gasteiger partial charge in [0.25, 0.3) is 0 Å². The molecule has 2 aromatic rings. The second-order valence-corrected chi connectivity index (χ2v) is 4.58. The molecule has 4 heteroatoms. The van der Waals surface area contributed by atoms with Gasteiger partial charge in [-0.15, -0.1) is 0 Å². The predicted molar refractivity (Wildman–Crippen MR) is 69.4 cm³/mol. The van der Waals surface area contributed by atoms with Crippen molar-refractivity contribution in [3.63, 3.8) is 0 Å². The van der Waals surface area contributed by atoms with Crippen LogP contribution in [-0.2, 0) is 7.05 Å². The van der Waals surface area contributed by atoms with Crippen LogP contribution in [0, 0.1) is 0 Å². The van der Waals surface area contributed by atoms with Crippen LogP contribution in [-0.4, -0.2) is 9.78 Å². The minimum Gasteiger partial charge on any atom is -0.376 e. The summed E-state index contributed by atoms with van der Waals surface area (Å²) in [6.45, 7) is 2.12. The van der Waals surface area contributed by atoms with E-state index in [0.717, 1.165) is 15.9 Å². The molecule has 1 atom stereocenters. The van der Waals surface area contributed by atoms with Gasteiger partial charge in [-0.1, -0.05) is 12.1 Å². The second kappa shape index (κ2) is 4.70. The van der Waals surface area contributed by atoms with E-state index in [1.807, 2.05) is 42.2 Å². The first kappa shape index (κ1) is 11.2. The second-order valence-electron chi connectivity index (χ2n) is 3.73. The standard InChI is InChI=1S/C12H14BrN3/c1-9(12-7-8-14-16(12)2)15-11-6-4-3-5-10(11)13/h3-9,15H,1-2H3. The summed E-state index contributed by atoms with van der Waals surface area (Å²) in [6, 6.07) is 10.3. The van der Waals surface area contributed by atoms with Crippen molar-refractivity contribution in [3.05, 3.63) is 46.7 Å². The van der Waals surface area contributed by atoms with Gasteiger partial charge in [0.05, 0.1) is 11.7 Å². The number of rotatable bonds is 3. The molecule has 0 spiro atoms. The zero-order chi connectivity index (χ0) is 11.5. The molecule has 84 valence electrons. The molecule has 16 heavy (non-hydrogen) atoms. The predicted octanol–water partition coefficient (Wildman–Crippen LogP) is 3.36. The van der Waals surface area contributed by atoms with E-state index in [-0.39, 0.29) is 6.04 Å². The Morgan fingerprint density at radius 1 is 1.31 bits per heavy atom. The minimum atomic E-state index is 0.228. The molecule has 1 aromatic heterocycles. The number of hydrogen-bond donors (Lipinski definition) is 1. The summed E-state index contributed by atoms with van der Waals surface area (Å²) in [6.07, 6.45) is 1.81. The largest absolute Gasteiger partial charge is 0.376 e. The number of nitrogens with one attached hydrogen (secondary N) is 1. The molecule has 0 bridgehead atoms. The number of nitrogens with zero attached hydrogens (tertiary/aromatic N) is 2. The van der Waals surface area contributed by atoms with Crippen molar-refractivity contribution in [1.82, 2.24) is 9.78 Å². The van der Waals surface area contributed by atoms with Crippen LogP contribution in [0.25, 0.3) is 0 Å². The quantitative estimate of drug-likeness (QED) is 0.934. The van der Waals surface area contributed by atoms with E-state index in [0.29, 0.717) is 0 Å². The lowest BCUT2D eigenvalue weighted by Gasteiger charge is -2.16. The van der Waals surface area contributed by atoms with Gasteiger partial charge >= 0.3 is 0 Å². The number of halogens is 1. The molecule has 1 heterocycles. The van der Waals surface area contributed by atoms with Crippen LogP contribution < -0.4 is 5.32 Å². The average molecular weight is 280 g/mol. The van der Waals surface area contributed by atoms with Crippen LogP contribution in [0.5, 0.6) is 0 Å². The Labute approximate surface area is 104 Å². The molecule has 0 aliphatic heterocycles. The van der Waals surface area contributed by atoms with E-state index in [1.165, 1.54) is 0 Å². The van der Waals surface area contributed by atoms with Gasteiger partial charge in [0.2, 0.25) is 0 Å². The molecule has 0 fully saturated rings. The normalized spacial score (nSPS) is 12.4. The summed E-state index contributed by atoms with van der Waals surface area (Å²) in [5.41, 5.74) is 2.26. The monoisotopic (exact) mass is 279 g/mol. The molecule has 0 aliphatic rings. The highest BCUT2D eigenvalue weighted by molar-refractivity contribution is 9.10. The number of hydrogen-bond acceptors (Lipinski definition) is 2. The van der Waals surface area contributed by atoms with E-state index in [4.69, 9.17) is 0 Å². The first-order chi connectivity index (χ1) is 7.68. The van der Waals surface area contributed by atoms with Crippen LogP contribution >= 0.6 is 15.9 Å². The van der Waals surface area contributed by atoms with Gasteiger partial charge in [-0.25, -0.2) is 0 Å². The molecule has 3 nitrogen and oxygen atoms in total. The van der Waals surface area contributed by atoms with Gasteiger partial charge in [-0.3, -0.25) is 4.68 Å². The van der Waals surface area contributed by atoms with Gasteiger partial charge in [0, 0.05) is 23.4 Å². The molecule has 2 rings (SSSR count). The number of para-hydroxylation sites is 1. The van der Waals surface area contributed by atoms with Gasteiger partial charge in [-0.2, -0.15) is 5.10 Å². The molecule has 1 unspecified atom stereocenters. The lowest BCUT2D eigenvalue weighted by molar-refractivity contribution is 0.675. The number of anilines is 1. The Kier molecular flexibility index (Phi) is 3.29. The van der Waals surface area contributed by atoms with Gasteiger partial charge < -0.3 is 5.32 Å². The molecular weight excluding hydrogens is 266 g/mol. The third-order valence-corrected chi connectivity index (χ3v) is 3.24. The molecule has 0 saturated carbocycles. The maximum atomic E-state index is 4.17. The Morgan fingerprint density at radius 2 is 2.06 bits per heavy atom. The van der Waals surface area contributed by atoms with E-state index in [2.05, 4.69) is 39.3 Å². The van der Waals surface area contributed by atoms with E-state index < -0.39 is 0 Å². The van der Waals surface area contributed by atoms with Gasteiger partial charge in [0.15, 0.2) is 0 Å². The summed E-state index contributed by atoms with van der Waals surface area (Å²) in [5.74, 6) is 0. The third kappa shape index (κ3) is 2.27. The Hall–Kier alpha value is -1.29. The van der Waals surface area contributed by atoms with Crippen molar-refractivity contribution >= 4 is 21.6 Å². The molecule has 0 aliphatic carbocycles. The van der Waals surface area contributed by atoms with E-state index >= 15 is 0 Å². The fraction of sp³-hybridized carbons (Fsp3) is 0.250. The summed E-state index contributed by atoms with van der Waals surface area (Å²) >= 11 is 3.52. The lowest BCUT2D eigenvalue weighted by atomic mass is 10.2. The topological polar surface area (TPSA) is 29.9 Å². The minimum absolute atomic E-state index is 0.228. The van der Waals surface area contributed by atoms with Crippen LogP contribution in [0.4, 0.5) is 5.69 Å². The van der Waals surface area contributed by atoms with Gasteiger partial charge in [0.1, 0.15) is 0 Å². The summed E-state index contributed by atoms with van der Waals surface area (Å²) < 4.78 is 2.96. The Bertz CT molecular complexity index is 479. The van der Waals surface area contributed by atoms with Gasteiger partial charge in [-0.05, 0) is 41.1 Å². The zero-order valence-corrected chi connectivity index (χ0v) is 10.9. The van der Waals surface area contributed by atoms with E-state index in [9.17, 15) is 0 Å².